The summed E-state index contributed by atoms with van der Waals surface area (Å²) >= 11 is 1.46. The van der Waals surface area contributed by atoms with Crippen LogP contribution in [0.1, 0.15) is 27.0 Å². The van der Waals surface area contributed by atoms with Crippen LogP contribution in [0.3, 0.4) is 0 Å². The van der Waals surface area contributed by atoms with E-state index in [1.54, 1.807) is 47.9 Å². The van der Waals surface area contributed by atoms with Gasteiger partial charge in [-0.2, -0.15) is 0 Å². The zero-order valence-electron chi connectivity index (χ0n) is 22.4. The highest BCUT2D eigenvalue weighted by atomic mass is 32.2. The van der Waals surface area contributed by atoms with Crippen molar-refractivity contribution in [2.75, 3.05) is 14.2 Å². The van der Waals surface area contributed by atoms with Crippen LogP contribution in [0.5, 0.6) is 5.75 Å². The van der Waals surface area contributed by atoms with E-state index in [4.69, 9.17) is 9.72 Å². The number of benzene rings is 4. The quantitative estimate of drug-likeness (QED) is 0.154. The molecule has 5 aromatic rings. The number of rotatable bonds is 9. The molecule has 0 fully saturated rings. The summed E-state index contributed by atoms with van der Waals surface area (Å²) in [5, 5.41) is 0.963. The molecule has 0 atom stereocenters. The number of fused-ring (bicyclic) bond motifs is 1. The zero-order valence-corrected chi connectivity index (χ0v) is 23.2. The molecule has 200 valence electrons. The average molecular weight is 548 g/mol. The largest absolute Gasteiger partial charge is 0.497 e. The summed E-state index contributed by atoms with van der Waals surface area (Å²) in [6, 6.07) is 30.4. The molecule has 0 N–H and O–H groups in total. The van der Waals surface area contributed by atoms with Crippen LogP contribution >= 0.6 is 11.8 Å². The summed E-state index contributed by atoms with van der Waals surface area (Å²) in [6.07, 6.45) is 1.80. The van der Waals surface area contributed by atoms with Crippen molar-refractivity contribution in [1.82, 2.24) is 14.5 Å². The number of carbonyl (C=O) groups excluding carboxylic acids is 1. The summed E-state index contributed by atoms with van der Waals surface area (Å²) < 4.78 is 7.02. The molecular formula is C33H29N3O3S. The minimum Gasteiger partial charge on any atom is -0.497 e. The second-order valence-electron chi connectivity index (χ2n) is 9.35. The summed E-state index contributed by atoms with van der Waals surface area (Å²) in [4.78, 5) is 33.7. The third-order valence-corrected chi connectivity index (χ3v) is 7.60. The van der Waals surface area contributed by atoms with Crippen LogP contribution in [0.4, 0.5) is 0 Å². The Morgan fingerprint density at radius 3 is 2.48 bits per heavy atom. The first kappa shape index (κ1) is 27.0. The van der Waals surface area contributed by atoms with Crippen molar-refractivity contribution >= 4 is 34.6 Å². The highest BCUT2D eigenvalue weighted by molar-refractivity contribution is 7.98. The molecule has 1 heterocycles. The number of thioether (sulfide) groups is 1. The van der Waals surface area contributed by atoms with E-state index in [1.165, 1.54) is 11.8 Å². The highest BCUT2D eigenvalue weighted by Gasteiger charge is 2.18. The molecule has 0 saturated heterocycles. The maximum absolute atomic E-state index is 13.9. The molecule has 1 amide bonds. The third kappa shape index (κ3) is 5.84. The first-order chi connectivity index (χ1) is 19.5. The Labute approximate surface area is 237 Å². The number of amides is 1. The van der Waals surface area contributed by atoms with Gasteiger partial charge in [0.2, 0.25) is 0 Å². The molecular weight excluding hydrogens is 518 g/mol. The van der Waals surface area contributed by atoms with Gasteiger partial charge in [-0.1, -0.05) is 85.1 Å². The normalized spacial score (nSPS) is 10.8. The molecule has 1 aromatic heterocycles. The summed E-state index contributed by atoms with van der Waals surface area (Å²) in [6.45, 7) is 4.29. The molecule has 0 aliphatic rings. The van der Waals surface area contributed by atoms with Crippen molar-refractivity contribution in [3.63, 3.8) is 0 Å². The molecule has 0 unspecified atom stereocenters. The highest BCUT2D eigenvalue weighted by Crippen LogP contribution is 2.27. The molecule has 0 aliphatic heterocycles. The van der Waals surface area contributed by atoms with Crippen LogP contribution < -0.4 is 10.3 Å². The van der Waals surface area contributed by atoms with Gasteiger partial charge in [-0.3, -0.25) is 14.2 Å². The Balaban J connectivity index is 1.54. The van der Waals surface area contributed by atoms with Crippen molar-refractivity contribution in [1.29, 1.82) is 0 Å². The van der Waals surface area contributed by atoms with Crippen LogP contribution in [-0.4, -0.2) is 34.5 Å². The predicted molar refractivity (Wildman–Crippen MR) is 162 cm³/mol. The number of hydrogen-bond acceptors (Lipinski definition) is 5. The van der Waals surface area contributed by atoms with Crippen molar-refractivity contribution in [3.05, 3.63) is 136 Å². The lowest BCUT2D eigenvalue weighted by Gasteiger charge is -2.18. The molecule has 7 heteroatoms. The third-order valence-electron chi connectivity index (χ3n) is 6.59. The van der Waals surface area contributed by atoms with Gasteiger partial charge in [0.25, 0.3) is 11.5 Å². The fourth-order valence-electron chi connectivity index (χ4n) is 4.42. The Hall–Kier alpha value is -4.62. The van der Waals surface area contributed by atoms with Gasteiger partial charge in [0.05, 0.1) is 23.7 Å². The van der Waals surface area contributed by atoms with Crippen molar-refractivity contribution < 1.29 is 9.53 Å². The predicted octanol–water partition coefficient (Wildman–Crippen LogP) is 6.60. The zero-order chi connectivity index (χ0) is 28.1. The Morgan fingerprint density at radius 1 is 0.975 bits per heavy atom. The van der Waals surface area contributed by atoms with E-state index < -0.39 is 0 Å². The second kappa shape index (κ2) is 12.1. The van der Waals surface area contributed by atoms with E-state index in [-0.39, 0.29) is 11.5 Å². The molecule has 4 aromatic carbocycles. The van der Waals surface area contributed by atoms with Gasteiger partial charge in [0.1, 0.15) is 5.75 Å². The summed E-state index contributed by atoms with van der Waals surface area (Å²) in [5.74, 6) is 1.11. The Kier molecular flexibility index (Phi) is 8.12. The van der Waals surface area contributed by atoms with Crippen LogP contribution in [-0.2, 0) is 12.3 Å². The number of carbonyl (C=O) groups is 1. The minimum atomic E-state index is -0.209. The van der Waals surface area contributed by atoms with Gasteiger partial charge >= 0.3 is 0 Å². The maximum atomic E-state index is 13.9. The lowest BCUT2D eigenvalue weighted by molar-refractivity contribution is 0.0785. The van der Waals surface area contributed by atoms with Crippen LogP contribution in [0.25, 0.3) is 22.7 Å². The van der Waals surface area contributed by atoms with E-state index in [1.807, 2.05) is 78.9 Å². The SMILES string of the molecule is C=Cc1ccc(CSc2nc3cc(C(=O)N(C)Cc4ccccc4)ccc3c(=O)n2-c2cccc(OC)c2)cc1. The van der Waals surface area contributed by atoms with Crippen LogP contribution in [0.15, 0.2) is 114 Å². The lowest BCUT2D eigenvalue weighted by Crippen LogP contribution is -2.26. The van der Waals surface area contributed by atoms with Gasteiger partial charge in [-0.05, 0) is 47.0 Å². The molecule has 0 saturated carbocycles. The van der Waals surface area contributed by atoms with E-state index in [0.717, 1.165) is 16.7 Å². The van der Waals surface area contributed by atoms with Gasteiger partial charge in [0.15, 0.2) is 5.16 Å². The standard InChI is InChI=1S/C33H29N3O3S/c1-4-23-13-15-25(16-14-23)22-40-33-34-30-19-26(31(37)35(2)21-24-9-6-5-7-10-24)17-18-29(30)32(38)36(33)27-11-8-12-28(20-27)39-3/h4-20H,1,21-22H2,2-3H3. The number of ether oxygens (including phenoxy) is 1. The number of nitrogens with zero attached hydrogens (tertiary/aromatic N) is 3. The molecule has 5 rings (SSSR count). The fourth-order valence-corrected chi connectivity index (χ4v) is 5.39. The van der Waals surface area contributed by atoms with E-state index >= 15 is 0 Å². The Bertz CT molecular complexity index is 1730. The molecule has 0 spiro atoms. The average Bonchev–Trinajstić information content (AvgIpc) is 3.00. The van der Waals surface area contributed by atoms with Crippen LogP contribution in [0, 0.1) is 0 Å². The molecule has 0 radical (unpaired) electrons. The van der Waals surface area contributed by atoms with Crippen LogP contribution in [0.2, 0.25) is 0 Å². The van der Waals surface area contributed by atoms with Gasteiger partial charge in [-0.25, -0.2) is 4.98 Å². The lowest BCUT2D eigenvalue weighted by atomic mass is 10.1. The molecule has 6 nitrogen and oxygen atoms in total. The Morgan fingerprint density at radius 2 is 1.75 bits per heavy atom. The molecule has 0 bridgehead atoms. The van der Waals surface area contributed by atoms with E-state index in [9.17, 15) is 9.59 Å². The van der Waals surface area contributed by atoms with Crippen molar-refractivity contribution in [2.24, 2.45) is 0 Å². The first-order valence-electron chi connectivity index (χ1n) is 12.8. The fraction of sp³-hybridized carbons (Fsp3) is 0.121. The molecule has 0 aliphatic carbocycles. The molecule has 40 heavy (non-hydrogen) atoms. The summed E-state index contributed by atoms with van der Waals surface area (Å²) in [5.41, 5.74) is 4.58. The second-order valence-corrected chi connectivity index (χ2v) is 10.3. The van der Waals surface area contributed by atoms with Gasteiger partial charge in [0, 0.05) is 31.0 Å². The first-order valence-corrected chi connectivity index (χ1v) is 13.8. The van der Waals surface area contributed by atoms with Gasteiger partial charge < -0.3 is 9.64 Å². The van der Waals surface area contributed by atoms with Crippen molar-refractivity contribution in [2.45, 2.75) is 17.5 Å². The number of aromatic nitrogens is 2. The smallest absolute Gasteiger partial charge is 0.266 e. The maximum Gasteiger partial charge on any atom is 0.266 e. The van der Waals surface area contributed by atoms with Crippen molar-refractivity contribution in [3.8, 4) is 11.4 Å². The summed E-state index contributed by atoms with van der Waals surface area (Å²) in [7, 11) is 3.36. The number of methoxy groups -OCH3 is 1. The monoisotopic (exact) mass is 547 g/mol. The number of hydrogen-bond donors (Lipinski definition) is 0. The van der Waals surface area contributed by atoms with E-state index in [2.05, 4.69) is 6.58 Å². The minimum absolute atomic E-state index is 0.138. The topological polar surface area (TPSA) is 64.4 Å². The van der Waals surface area contributed by atoms with Gasteiger partial charge in [-0.15, -0.1) is 0 Å². The van der Waals surface area contributed by atoms with E-state index in [0.29, 0.717) is 45.4 Å².